The van der Waals surface area contributed by atoms with Crippen molar-refractivity contribution in [3.63, 3.8) is 0 Å². The third-order valence-electron chi connectivity index (χ3n) is 3.08. The molecule has 0 aliphatic rings. The van der Waals surface area contributed by atoms with Crippen LogP contribution in [0.15, 0.2) is 60.0 Å². The van der Waals surface area contributed by atoms with E-state index in [2.05, 4.69) is 4.98 Å². The Labute approximate surface area is 125 Å². The minimum absolute atomic E-state index is 0.0477. The van der Waals surface area contributed by atoms with E-state index in [0.717, 1.165) is 16.3 Å². The van der Waals surface area contributed by atoms with Gasteiger partial charge in [-0.2, -0.15) is 0 Å². The minimum atomic E-state index is -0.269. The molecule has 0 spiro atoms. The first kappa shape index (κ1) is 13.6. The van der Waals surface area contributed by atoms with Crippen LogP contribution in [-0.2, 0) is 6.42 Å². The lowest BCUT2D eigenvalue weighted by atomic mass is 10.1. The highest BCUT2D eigenvalue weighted by Crippen LogP contribution is 2.24. The van der Waals surface area contributed by atoms with Gasteiger partial charge in [0.25, 0.3) is 0 Å². The van der Waals surface area contributed by atoms with E-state index in [1.54, 1.807) is 24.3 Å². The molecule has 0 unspecified atom stereocenters. The summed E-state index contributed by atoms with van der Waals surface area (Å²) in [5.74, 6) is -0.221. The summed E-state index contributed by atoms with van der Waals surface area (Å²) in [6.45, 7) is 0. The number of rotatable bonds is 4. The van der Waals surface area contributed by atoms with E-state index in [1.165, 1.54) is 23.5 Å². The maximum Gasteiger partial charge on any atom is 0.168 e. The second kappa shape index (κ2) is 5.97. The molecule has 0 saturated carbocycles. The zero-order chi connectivity index (χ0) is 14.7. The van der Waals surface area contributed by atoms with Crippen LogP contribution in [0.25, 0.3) is 10.6 Å². The Morgan fingerprint density at radius 1 is 1.05 bits per heavy atom. The number of ketones is 1. The van der Waals surface area contributed by atoms with E-state index in [1.807, 2.05) is 23.6 Å². The SMILES string of the molecule is O=C(Cc1csc(-c2ccc(F)cc2)n1)c1ccccc1. The quantitative estimate of drug-likeness (QED) is 0.669. The summed E-state index contributed by atoms with van der Waals surface area (Å²) in [7, 11) is 0. The number of benzene rings is 2. The van der Waals surface area contributed by atoms with Crippen molar-refractivity contribution in [1.29, 1.82) is 0 Å². The molecule has 3 rings (SSSR count). The maximum absolute atomic E-state index is 12.9. The van der Waals surface area contributed by atoms with Gasteiger partial charge in [-0.1, -0.05) is 30.3 Å². The number of carbonyl (C=O) groups is 1. The van der Waals surface area contributed by atoms with Crippen molar-refractivity contribution in [2.75, 3.05) is 0 Å². The van der Waals surface area contributed by atoms with Gasteiger partial charge in [0.1, 0.15) is 10.8 Å². The van der Waals surface area contributed by atoms with Crippen molar-refractivity contribution >= 4 is 17.1 Å². The van der Waals surface area contributed by atoms with Crippen molar-refractivity contribution in [2.24, 2.45) is 0 Å². The van der Waals surface area contributed by atoms with E-state index in [-0.39, 0.29) is 18.0 Å². The third-order valence-corrected chi connectivity index (χ3v) is 4.02. The summed E-state index contributed by atoms with van der Waals surface area (Å²) in [6, 6.07) is 15.4. The molecule has 104 valence electrons. The number of hydrogen-bond acceptors (Lipinski definition) is 3. The molecular formula is C17H12FNOS. The zero-order valence-electron chi connectivity index (χ0n) is 11.1. The third kappa shape index (κ3) is 3.23. The van der Waals surface area contributed by atoms with Gasteiger partial charge in [0.05, 0.1) is 12.1 Å². The lowest BCUT2D eigenvalue weighted by molar-refractivity contribution is 0.0992. The molecule has 1 heterocycles. The van der Waals surface area contributed by atoms with Crippen molar-refractivity contribution in [1.82, 2.24) is 4.98 Å². The number of halogens is 1. The van der Waals surface area contributed by atoms with Crippen LogP contribution in [0.3, 0.4) is 0 Å². The van der Waals surface area contributed by atoms with E-state index in [4.69, 9.17) is 0 Å². The summed E-state index contributed by atoms with van der Waals surface area (Å²) in [4.78, 5) is 16.6. The zero-order valence-corrected chi connectivity index (χ0v) is 11.9. The highest BCUT2D eigenvalue weighted by Gasteiger charge is 2.10. The average molecular weight is 297 g/mol. The smallest absolute Gasteiger partial charge is 0.168 e. The van der Waals surface area contributed by atoms with Crippen molar-refractivity contribution in [2.45, 2.75) is 6.42 Å². The monoisotopic (exact) mass is 297 g/mol. The predicted molar refractivity (Wildman–Crippen MR) is 82.0 cm³/mol. The van der Waals surface area contributed by atoms with Crippen LogP contribution in [0, 0.1) is 5.82 Å². The largest absolute Gasteiger partial charge is 0.294 e. The van der Waals surface area contributed by atoms with Gasteiger partial charge in [0, 0.05) is 16.5 Å². The van der Waals surface area contributed by atoms with Gasteiger partial charge >= 0.3 is 0 Å². The lowest BCUT2D eigenvalue weighted by Gasteiger charge is -1.98. The number of Topliss-reactive ketones (excluding diaryl/α,β-unsaturated/α-hetero) is 1. The Bertz CT molecular complexity index is 750. The summed E-state index contributed by atoms with van der Waals surface area (Å²) in [5.41, 5.74) is 2.29. The number of thiazole rings is 1. The Morgan fingerprint density at radius 2 is 1.76 bits per heavy atom. The fraction of sp³-hybridized carbons (Fsp3) is 0.0588. The molecule has 0 amide bonds. The first-order chi connectivity index (χ1) is 10.2. The van der Waals surface area contributed by atoms with Gasteiger partial charge in [-0.25, -0.2) is 9.37 Å². The highest BCUT2D eigenvalue weighted by atomic mass is 32.1. The first-order valence-corrected chi connectivity index (χ1v) is 7.39. The number of hydrogen-bond donors (Lipinski definition) is 0. The normalized spacial score (nSPS) is 10.5. The van der Waals surface area contributed by atoms with Gasteiger partial charge in [-0.3, -0.25) is 4.79 Å². The average Bonchev–Trinajstić information content (AvgIpc) is 2.97. The Morgan fingerprint density at radius 3 is 2.48 bits per heavy atom. The van der Waals surface area contributed by atoms with Crippen LogP contribution in [0.2, 0.25) is 0 Å². The van der Waals surface area contributed by atoms with E-state index < -0.39 is 0 Å². The fourth-order valence-corrected chi connectivity index (χ4v) is 2.83. The number of nitrogens with zero attached hydrogens (tertiary/aromatic N) is 1. The van der Waals surface area contributed by atoms with Crippen molar-refractivity contribution in [3.05, 3.63) is 77.1 Å². The summed E-state index contributed by atoms with van der Waals surface area (Å²) in [6.07, 6.45) is 0.279. The maximum atomic E-state index is 12.9. The molecule has 21 heavy (non-hydrogen) atoms. The van der Waals surface area contributed by atoms with Crippen LogP contribution in [0.5, 0.6) is 0 Å². The molecule has 0 radical (unpaired) electrons. The molecule has 3 aromatic rings. The molecule has 2 aromatic carbocycles. The van der Waals surface area contributed by atoms with Gasteiger partial charge in [0.2, 0.25) is 0 Å². The van der Waals surface area contributed by atoms with Crippen molar-refractivity contribution in [3.8, 4) is 10.6 Å². The van der Waals surface area contributed by atoms with Gasteiger partial charge in [-0.15, -0.1) is 11.3 Å². The molecule has 0 aliphatic heterocycles. The molecule has 1 aromatic heterocycles. The van der Waals surface area contributed by atoms with Crippen LogP contribution in [-0.4, -0.2) is 10.8 Å². The highest BCUT2D eigenvalue weighted by molar-refractivity contribution is 7.13. The van der Waals surface area contributed by atoms with Crippen molar-refractivity contribution < 1.29 is 9.18 Å². The Hall–Kier alpha value is -2.33. The molecule has 0 fully saturated rings. The summed E-state index contributed by atoms with van der Waals surface area (Å²) < 4.78 is 12.9. The topological polar surface area (TPSA) is 30.0 Å². The van der Waals surface area contributed by atoms with Crippen LogP contribution in [0.4, 0.5) is 4.39 Å². The fourth-order valence-electron chi connectivity index (χ4n) is 2.00. The van der Waals surface area contributed by atoms with Crippen LogP contribution < -0.4 is 0 Å². The van der Waals surface area contributed by atoms with Gasteiger partial charge in [0.15, 0.2) is 5.78 Å². The molecule has 0 atom stereocenters. The molecule has 2 nitrogen and oxygen atoms in total. The second-order valence-electron chi connectivity index (χ2n) is 4.62. The Kier molecular flexibility index (Phi) is 3.88. The molecule has 0 saturated heterocycles. The molecule has 0 aliphatic carbocycles. The van der Waals surface area contributed by atoms with Gasteiger partial charge < -0.3 is 0 Å². The second-order valence-corrected chi connectivity index (χ2v) is 5.47. The molecule has 0 bridgehead atoms. The minimum Gasteiger partial charge on any atom is -0.294 e. The van der Waals surface area contributed by atoms with E-state index in [9.17, 15) is 9.18 Å². The van der Waals surface area contributed by atoms with Crippen LogP contribution in [0.1, 0.15) is 16.1 Å². The molecular weight excluding hydrogens is 285 g/mol. The predicted octanol–water partition coefficient (Wildman–Crippen LogP) is 4.37. The summed E-state index contributed by atoms with van der Waals surface area (Å²) in [5, 5.41) is 2.67. The van der Waals surface area contributed by atoms with Crippen LogP contribution >= 0.6 is 11.3 Å². The van der Waals surface area contributed by atoms with E-state index >= 15 is 0 Å². The molecule has 0 N–H and O–H groups in total. The number of carbonyl (C=O) groups excluding carboxylic acids is 1. The first-order valence-electron chi connectivity index (χ1n) is 6.51. The lowest BCUT2D eigenvalue weighted by Crippen LogP contribution is -2.03. The standard InChI is InChI=1S/C17H12FNOS/c18-14-8-6-13(7-9-14)17-19-15(11-21-17)10-16(20)12-4-2-1-3-5-12/h1-9,11H,10H2. The number of aromatic nitrogens is 1. The Balaban J connectivity index is 1.76. The van der Waals surface area contributed by atoms with Gasteiger partial charge in [-0.05, 0) is 24.3 Å². The van der Waals surface area contributed by atoms with E-state index in [0.29, 0.717) is 5.56 Å². The molecule has 4 heteroatoms. The summed E-state index contributed by atoms with van der Waals surface area (Å²) >= 11 is 1.46.